The average Bonchev–Trinajstić information content (AvgIpc) is 3.12. The molecule has 0 atom stereocenters. The van der Waals surface area contributed by atoms with Gasteiger partial charge in [-0.1, -0.05) is 35.9 Å². The van der Waals surface area contributed by atoms with Crippen molar-refractivity contribution in [3.05, 3.63) is 65.2 Å². The van der Waals surface area contributed by atoms with Crippen LogP contribution in [0.3, 0.4) is 0 Å². The van der Waals surface area contributed by atoms with Crippen molar-refractivity contribution in [3.8, 4) is 17.0 Å². The maximum atomic E-state index is 13.1. The minimum absolute atomic E-state index is 0.0183. The molecule has 0 radical (unpaired) electrons. The highest BCUT2D eigenvalue weighted by Crippen LogP contribution is 2.25. The maximum Gasteiger partial charge on any atom is 0.257 e. The van der Waals surface area contributed by atoms with Gasteiger partial charge in [-0.2, -0.15) is 5.10 Å². The fourth-order valence-electron chi connectivity index (χ4n) is 3.70. The maximum absolute atomic E-state index is 13.1. The molecule has 3 aromatic rings. The first kappa shape index (κ1) is 20.3. The van der Waals surface area contributed by atoms with E-state index in [0.717, 1.165) is 36.6 Å². The Morgan fingerprint density at radius 3 is 2.70 bits per heavy atom. The summed E-state index contributed by atoms with van der Waals surface area (Å²) < 4.78 is 5.64. The van der Waals surface area contributed by atoms with E-state index in [4.69, 9.17) is 16.3 Å². The number of hydrogen-bond acceptors (Lipinski definition) is 4. The van der Waals surface area contributed by atoms with Gasteiger partial charge in [0.2, 0.25) is 0 Å². The van der Waals surface area contributed by atoms with Crippen molar-refractivity contribution in [2.24, 2.45) is 0 Å². The average molecular weight is 425 g/mol. The third kappa shape index (κ3) is 4.44. The van der Waals surface area contributed by atoms with Gasteiger partial charge in [0.25, 0.3) is 5.91 Å². The first-order valence-electron chi connectivity index (χ1n) is 10.2. The molecule has 0 bridgehead atoms. The molecule has 0 spiro atoms. The molecule has 0 saturated carbocycles. The molecule has 1 amide bonds. The molecule has 1 N–H and O–H groups in total. The summed E-state index contributed by atoms with van der Waals surface area (Å²) in [6, 6.07) is 17.2. The first-order valence-corrected chi connectivity index (χ1v) is 10.6. The minimum Gasteiger partial charge on any atom is -0.493 e. The zero-order valence-corrected chi connectivity index (χ0v) is 17.7. The number of halogens is 1. The van der Waals surface area contributed by atoms with Crippen molar-refractivity contribution in [2.75, 3.05) is 37.7 Å². The predicted molar refractivity (Wildman–Crippen MR) is 119 cm³/mol. The Kier molecular flexibility index (Phi) is 6.23. The van der Waals surface area contributed by atoms with Crippen molar-refractivity contribution in [1.82, 2.24) is 15.1 Å². The van der Waals surface area contributed by atoms with Crippen LogP contribution in [0.15, 0.2) is 54.6 Å². The molecule has 1 aliphatic rings. The molecule has 6 nitrogen and oxygen atoms in total. The van der Waals surface area contributed by atoms with E-state index >= 15 is 0 Å². The normalized spacial score (nSPS) is 14.5. The van der Waals surface area contributed by atoms with Crippen molar-refractivity contribution >= 4 is 23.3 Å². The Morgan fingerprint density at radius 1 is 1.10 bits per heavy atom. The third-order valence-corrected chi connectivity index (χ3v) is 5.50. The summed E-state index contributed by atoms with van der Waals surface area (Å²) in [5.41, 5.74) is 2.61. The molecule has 2 heterocycles. The van der Waals surface area contributed by atoms with Crippen LogP contribution in [0.5, 0.6) is 5.75 Å². The monoisotopic (exact) mass is 424 g/mol. The quantitative estimate of drug-likeness (QED) is 0.655. The second-order valence-corrected chi connectivity index (χ2v) is 7.65. The number of aromatic amines is 1. The number of hydrogen-bond donors (Lipinski definition) is 1. The highest BCUT2D eigenvalue weighted by molar-refractivity contribution is 6.30. The molecule has 7 heteroatoms. The number of para-hydroxylation sites is 1. The Hall–Kier alpha value is -2.99. The molecule has 1 saturated heterocycles. The molecule has 156 valence electrons. The van der Waals surface area contributed by atoms with E-state index in [2.05, 4.69) is 15.1 Å². The lowest BCUT2D eigenvalue weighted by Crippen LogP contribution is -2.35. The highest BCUT2D eigenvalue weighted by atomic mass is 35.5. The van der Waals surface area contributed by atoms with Gasteiger partial charge >= 0.3 is 0 Å². The molecule has 2 aromatic carbocycles. The van der Waals surface area contributed by atoms with Crippen LogP contribution in [0.4, 0.5) is 5.82 Å². The number of nitrogens with zero attached hydrogens (tertiary/aromatic N) is 3. The second kappa shape index (κ2) is 9.22. The fourth-order valence-corrected chi connectivity index (χ4v) is 3.82. The molecule has 0 unspecified atom stereocenters. The number of ether oxygens (including phenoxy) is 1. The lowest BCUT2D eigenvalue weighted by Gasteiger charge is -2.22. The number of rotatable bonds is 5. The number of aromatic nitrogens is 2. The summed E-state index contributed by atoms with van der Waals surface area (Å²) in [7, 11) is 0. The molecule has 1 aromatic heterocycles. The van der Waals surface area contributed by atoms with Gasteiger partial charge in [-0.25, -0.2) is 0 Å². The van der Waals surface area contributed by atoms with Crippen LogP contribution in [-0.4, -0.2) is 53.8 Å². The molecular formula is C23H25ClN4O2. The number of anilines is 1. The highest BCUT2D eigenvalue weighted by Gasteiger charge is 2.23. The van der Waals surface area contributed by atoms with Gasteiger partial charge in [0.05, 0.1) is 17.9 Å². The van der Waals surface area contributed by atoms with Crippen molar-refractivity contribution in [1.29, 1.82) is 0 Å². The van der Waals surface area contributed by atoms with Crippen molar-refractivity contribution < 1.29 is 9.53 Å². The van der Waals surface area contributed by atoms with Crippen LogP contribution < -0.4 is 9.64 Å². The molecule has 1 fully saturated rings. The number of nitrogens with one attached hydrogen (secondary N) is 1. The van der Waals surface area contributed by atoms with E-state index < -0.39 is 0 Å². The summed E-state index contributed by atoms with van der Waals surface area (Å²) >= 11 is 5.98. The van der Waals surface area contributed by atoms with Crippen LogP contribution in [-0.2, 0) is 0 Å². The summed E-state index contributed by atoms with van der Waals surface area (Å²) in [4.78, 5) is 17.2. The lowest BCUT2D eigenvalue weighted by atomic mass is 10.1. The Morgan fingerprint density at radius 2 is 1.90 bits per heavy atom. The van der Waals surface area contributed by atoms with Gasteiger partial charge in [0, 0.05) is 37.3 Å². The zero-order chi connectivity index (χ0) is 20.9. The Labute approximate surface area is 181 Å². The molecule has 30 heavy (non-hydrogen) atoms. The van der Waals surface area contributed by atoms with Gasteiger partial charge in [0.1, 0.15) is 5.75 Å². The van der Waals surface area contributed by atoms with Crippen LogP contribution >= 0.6 is 11.6 Å². The number of H-pyrrole nitrogens is 1. The van der Waals surface area contributed by atoms with E-state index in [9.17, 15) is 4.79 Å². The summed E-state index contributed by atoms with van der Waals surface area (Å²) in [5.74, 6) is 1.56. The molecular weight excluding hydrogens is 400 g/mol. The smallest absolute Gasteiger partial charge is 0.257 e. The predicted octanol–water partition coefficient (Wildman–Crippen LogP) is 4.48. The van der Waals surface area contributed by atoms with Crippen LogP contribution in [0.1, 0.15) is 23.7 Å². The number of benzene rings is 2. The van der Waals surface area contributed by atoms with E-state index in [1.807, 2.05) is 66.4 Å². The summed E-state index contributed by atoms with van der Waals surface area (Å²) in [6.07, 6.45) is 0.881. The summed E-state index contributed by atoms with van der Waals surface area (Å²) in [6.45, 7) is 5.39. The summed E-state index contributed by atoms with van der Waals surface area (Å²) in [5, 5.41) is 8.31. The number of amides is 1. The number of carbonyl (C=O) groups is 1. The van der Waals surface area contributed by atoms with E-state index in [-0.39, 0.29) is 5.91 Å². The van der Waals surface area contributed by atoms with Crippen molar-refractivity contribution in [3.63, 3.8) is 0 Å². The van der Waals surface area contributed by atoms with E-state index in [0.29, 0.717) is 36.0 Å². The van der Waals surface area contributed by atoms with Gasteiger partial charge in [-0.15, -0.1) is 0 Å². The van der Waals surface area contributed by atoms with Gasteiger partial charge in [0.15, 0.2) is 5.82 Å². The SMILES string of the molecule is CCOc1ccccc1C(=O)N1CCCN(c2cc(-c3ccc(Cl)cc3)[nH]n2)CC1. The third-order valence-electron chi connectivity index (χ3n) is 5.24. The van der Waals surface area contributed by atoms with Crippen LogP contribution in [0.2, 0.25) is 5.02 Å². The number of carbonyl (C=O) groups excluding carboxylic acids is 1. The Bertz CT molecular complexity index is 1000. The lowest BCUT2D eigenvalue weighted by molar-refractivity contribution is 0.0763. The van der Waals surface area contributed by atoms with E-state index in [1.54, 1.807) is 0 Å². The van der Waals surface area contributed by atoms with Crippen molar-refractivity contribution in [2.45, 2.75) is 13.3 Å². The molecule has 4 rings (SSSR count). The molecule has 0 aliphatic carbocycles. The molecule has 1 aliphatic heterocycles. The minimum atomic E-state index is 0.0183. The van der Waals surface area contributed by atoms with Crippen LogP contribution in [0.25, 0.3) is 11.3 Å². The van der Waals surface area contributed by atoms with Crippen LogP contribution in [0, 0.1) is 0 Å². The topological polar surface area (TPSA) is 61.5 Å². The van der Waals surface area contributed by atoms with Gasteiger partial charge < -0.3 is 14.5 Å². The van der Waals surface area contributed by atoms with Gasteiger partial charge in [-0.3, -0.25) is 9.89 Å². The second-order valence-electron chi connectivity index (χ2n) is 7.21. The van der Waals surface area contributed by atoms with Gasteiger partial charge in [-0.05, 0) is 43.2 Å². The standard InChI is InChI=1S/C23H25ClN4O2/c1-2-30-21-7-4-3-6-19(21)23(29)28-13-5-12-27(14-15-28)22-16-20(25-26-22)17-8-10-18(24)11-9-17/h3-4,6-11,16H,2,5,12-15H2,1H3,(H,25,26). The fraction of sp³-hybridized carbons (Fsp3) is 0.304. The Balaban J connectivity index is 1.45. The zero-order valence-electron chi connectivity index (χ0n) is 17.0. The first-order chi connectivity index (χ1) is 14.7. The van der Waals surface area contributed by atoms with E-state index in [1.165, 1.54) is 0 Å². The largest absolute Gasteiger partial charge is 0.493 e.